The fourth-order valence-electron chi connectivity index (χ4n) is 3.52. The maximum absolute atomic E-state index is 12.9. The number of aliphatic carboxylic acids is 1. The predicted molar refractivity (Wildman–Crippen MR) is 102 cm³/mol. The third-order valence-corrected chi connectivity index (χ3v) is 5.14. The fourth-order valence-corrected chi connectivity index (χ4v) is 3.64. The SMILES string of the molecule is CC1CC(C(=O)O)CN(C(=O)NC(c2ccc(Cl)cc2)c2nccn2C)C1. The lowest BCUT2D eigenvalue weighted by atomic mass is 9.91. The number of carboxylic acids is 1. The number of imidazole rings is 1. The highest BCUT2D eigenvalue weighted by atomic mass is 35.5. The van der Waals surface area contributed by atoms with Gasteiger partial charge in [0.25, 0.3) is 0 Å². The molecule has 1 saturated heterocycles. The van der Waals surface area contributed by atoms with Crippen LogP contribution in [-0.4, -0.2) is 44.6 Å². The molecule has 0 saturated carbocycles. The standard InChI is InChI=1S/C19H23ClN4O3/c1-12-9-14(18(25)26)11-24(10-12)19(27)22-16(17-21-7-8-23(17)2)13-3-5-15(20)6-4-13/h3-8,12,14,16H,9-11H2,1-2H3,(H,22,27)(H,25,26). The number of rotatable bonds is 4. The summed E-state index contributed by atoms with van der Waals surface area (Å²) in [5.41, 5.74) is 0.849. The fraction of sp³-hybridized carbons (Fsp3) is 0.421. The molecule has 2 amide bonds. The first-order valence-electron chi connectivity index (χ1n) is 8.86. The largest absolute Gasteiger partial charge is 0.481 e. The molecular formula is C19H23ClN4O3. The number of carboxylic acid groups (broad SMARTS) is 1. The minimum Gasteiger partial charge on any atom is -0.481 e. The first kappa shape index (κ1) is 19.2. The Morgan fingerprint density at radius 1 is 1.30 bits per heavy atom. The molecule has 1 aliphatic rings. The van der Waals surface area contributed by atoms with Crippen molar-refractivity contribution < 1.29 is 14.7 Å². The summed E-state index contributed by atoms with van der Waals surface area (Å²) in [6.07, 6.45) is 4.07. The van der Waals surface area contributed by atoms with Crippen molar-refractivity contribution in [1.29, 1.82) is 0 Å². The van der Waals surface area contributed by atoms with Crippen LogP contribution in [0.4, 0.5) is 4.79 Å². The third kappa shape index (κ3) is 4.42. The maximum Gasteiger partial charge on any atom is 0.318 e. The summed E-state index contributed by atoms with van der Waals surface area (Å²) in [4.78, 5) is 30.3. The van der Waals surface area contributed by atoms with Crippen LogP contribution in [-0.2, 0) is 11.8 Å². The van der Waals surface area contributed by atoms with Gasteiger partial charge in [-0.1, -0.05) is 30.7 Å². The average molecular weight is 391 g/mol. The molecule has 0 bridgehead atoms. The summed E-state index contributed by atoms with van der Waals surface area (Å²) in [5, 5.41) is 13.0. The van der Waals surface area contributed by atoms with Gasteiger partial charge in [-0.25, -0.2) is 9.78 Å². The number of halogens is 1. The molecule has 1 aromatic carbocycles. The Morgan fingerprint density at radius 3 is 2.59 bits per heavy atom. The molecule has 3 atom stereocenters. The molecular weight excluding hydrogens is 368 g/mol. The molecule has 0 radical (unpaired) electrons. The van der Waals surface area contributed by atoms with E-state index in [4.69, 9.17) is 11.6 Å². The quantitative estimate of drug-likeness (QED) is 0.840. The van der Waals surface area contributed by atoms with E-state index in [2.05, 4.69) is 10.3 Å². The van der Waals surface area contributed by atoms with Gasteiger partial charge < -0.3 is 19.9 Å². The number of carbonyl (C=O) groups is 2. The molecule has 1 aromatic heterocycles. The molecule has 7 nitrogen and oxygen atoms in total. The molecule has 3 rings (SSSR count). The average Bonchev–Trinajstić information content (AvgIpc) is 3.05. The number of urea groups is 1. The van der Waals surface area contributed by atoms with Gasteiger partial charge in [-0.3, -0.25) is 4.79 Å². The summed E-state index contributed by atoms with van der Waals surface area (Å²) in [5.74, 6) is -0.586. The van der Waals surface area contributed by atoms with Crippen LogP contribution in [0.3, 0.4) is 0 Å². The number of piperidine rings is 1. The zero-order valence-electron chi connectivity index (χ0n) is 15.3. The van der Waals surface area contributed by atoms with Crippen molar-refractivity contribution in [2.45, 2.75) is 19.4 Å². The lowest BCUT2D eigenvalue weighted by Gasteiger charge is -2.35. The number of nitrogens with one attached hydrogen (secondary N) is 1. The van der Waals surface area contributed by atoms with E-state index in [0.29, 0.717) is 23.8 Å². The van der Waals surface area contributed by atoms with Gasteiger partial charge in [0, 0.05) is 37.6 Å². The molecule has 2 heterocycles. The number of carbonyl (C=O) groups excluding carboxylic acids is 1. The summed E-state index contributed by atoms with van der Waals surface area (Å²) in [6.45, 7) is 2.70. The Balaban J connectivity index is 1.83. The van der Waals surface area contributed by atoms with Crippen molar-refractivity contribution in [2.75, 3.05) is 13.1 Å². The molecule has 2 aromatic rings. The van der Waals surface area contributed by atoms with Crippen molar-refractivity contribution in [1.82, 2.24) is 19.8 Å². The minimum absolute atomic E-state index is 0.132. The number of likely N-dealkylation sites (tertiary alicyclic amines) is 1. The van der Waals surface area contributed by atoms with Crippen LogP contribution in [0.15, 0.2) is 36.7 Å². The van der Waals surface area contributed by atoms with E-state index in [9.17, 15) is 14.7 Å². The Hall–Kier alpha value is -2.54. The highest BCUT2D eigenvalue weighted by Gasteiger charge is 2.33. The second kappa shape index (κ2) is 8.00. The Labute approximate surface area is 163 Å². The smallest absolute Gasteiger partial charge is 0.318 e. The van der Waals surface area contributed by atoms with Gasteiger partial charge in [0.15, 0.2) is 0 Å². The number of amides is 2. The molecule has 1 aliphatic heterocycles. The zero-order chi connectivity index (χ0) is 19.6. The van der Waals surface area contributed by atoms with Gasteiger partial charge in [0.05, 0.1) is 5.92 Å². The van der Waals surface area contributed by atoms with Gasteiger partial charge in [-0.2, -0.15) is 0 Å². The van der Waals surface area contributed by atoms with E-state index in [-0.39, 0.29) is 18.5 Å². The van der Waals surface area contributed by atoms with Crippen LogP contribution < -0.4 is 5.32 Å². The molecule has 2 N–H and O–H groups in total. The molecule has 27 heavy (non-hydrogen) atoms. The second-order valence-electron chi connectivity index (χ2n) is 7.11. The summed E-state index contributed by atoms with van der Waals surface area (Å²) in [6, 6.07) is 6.47. The molecule has 3 unspecified atom stereocenters. The van der Waals surface area contributed by atoms with Crippen molar-refractivity contribution >= 4 is 23.6 Å². The zero-order valence-corrected chi connectivity index (χ0v) is 16.1. The van der Waals surface area contributed by atoms with E-state index in [1.54, 1.807) is 23.2 Å². The van der Waals surface area contributed by atoms with E-state index in [1.165, 1.54) is 0 Å². The van der Waals surface area contributed by atoms with Gasteiger partial charge in [0.2, 0.25) is 0 Å². The molecule has 144 valence electrons. The van der Waals surface area contributed by atoms with Crippen LogP contribution >= 0.6 is 11.6 Å². The Morgan fingerprint density at radius 2 is 2.00 bits per heavy atom. The van der Waals surface area contributed by atoms with Crippen LogP contribution in [0.25, 0.3) is 0 Å². The number of nitrogens with zero attached hydrogens (tertiary/aromatic N) is 3. The van der Waals surface area contributed by atoms with Crippen LogP contribution in [0.2, 0.25) is 5.02 Å². The summed E-state index contributed by atoms with van der Waals surface area (Å²) < 4.78 is 1.85. The minimum atomic E-state index is -0.863. The molecule has 1 fully saturated rings. The van der Waals surface area contributed by atoms with E-state index >= 15 is 0 Å². The molecule has 0 spiro atoms. The number of hydrogen-bond donors (Lipinski definition) is 2. The molecule has 8 heteroatoms. The highest BCUT2D eigenvalue weighted by molar-refractivity contribution is 6.30. The van der Waals surface area contributed by atoms with Crippen molar-refractivity contribution in [2.24, 2.45) is 18.9 Å². The molecule has 0 aliphatic carbocycles. The number of benzene rings is 1. The predicted octanol–water partition coefficient (Wildman–Crippen LogP) is 2.92. The van der Waals surface area contributed by atoms with Gasteiger partial charge in [-0.15, -0.1) is 0 Å². The van der Waals surface area contributed by atoms with Gasteiger partial charge >= 0.3 is 12.0 Å². The Bertz CT molecular complexity index is 821. The van der Waals surface area contributed by atoms with Crippen LogP contribution in [0.5, 0.6) is 0 Å². The Kier molecular flexibility index (Phi) is 5.70. The first-order chi connectivity index (χ1) is 12.8. The topological polar surface area (TPSA) is 87.5 Å². The normalized spacial score (nSPS) is 20.9. The highest BCUT2D eigenvalue weighted by Crippen LogP contribution is 2.25. The second-order valence-corrected chi connectivity index (χ2v) is 7.55. The lowest BCUT2D eigenvalue weighted by Crippen LogP contribution is -2.50. The van der Waals surface area contributed by atoms with Gasteiger partial charge in [0.1, 0.15) is 11.9 Å². The van der Waals surface area contributed by atoms with Crippen LogP contribution in [0.1, 0.15) is 30.8 Å². The number of aryl methyl sites for hydroxylation is 1. The monoisotopic (exact) mass is 390 g/mol. The van der Waals surface area contributed by atoms with Gasteiger partial charge in [-0.05, 0) is 30.0 Å². The van der Waals surface area contributed by atoms with Crippen LogP contribution in [0, 0.1) is 11.8 Å². The van der Waals surface area contributed by atoms with Crippen molar-refractivity contribution in [3.05, 3.63) is 53.1 Å². The van der Waals surface area contributed by atoms with Crippen molar-refractivity contribution in [3.63, 3.8) is 0 Å². The lowest BCUT2D eigenvalue weighted by molar-refractivity contribution is -0.143. The first-order valence-corrected chi connectivity index (χ1v) is 9.24. The van der Waals surface area contributed by atoms with Crippen molar-refractivity contribution in [3.8, 4) is 0 Å². The summed E-state index contributed by atoms with van der Waals surface area (Å²) >= 11 is 5.99. The number of aromatic nitrogens is 2. The summed E-state index contributed by atoms with van der Waals surface area (Å²) in [7, 11) is 1.86. The number of hydrogen-bond acceptors (Lipinski definition) is 3. The van der Waals surface area contributed by atoms with E-state index in [0.717, 1.165) is 5.56 Å². The third-order valence-electron chi connectivity index (χ3n) is 4.88. The maximum atomic E-state index is 12.9. The van der Waals surface area contributed by atoms with E-state index in [1.807, 2.05) is 36.9 Å². The van der Waals surface area contributed by atoms with E-state index < -0.39 is 17.9 Å².